The van der Waals surface area contributed by atoms with Crippen LogP contribution in [0.1, 0.15) is 15.2 Å². The second kappa shape index (κ2) is 11.1. The van der Waals surface area contributed by atoms with Crippen molar-refractivity contribution in [1.29, 1.82) is 0 Å². The second-order valence-corrected chi connectivity index (χ2v) is 8.79. The van der Waals surface area contributed by atoms with Gasteiger partial charge in [-0.25, -0.2) is 0 Å². The normalized spacial score (nSPS) is 11.5. The monoisotopic (exact) mass is 489 g/mol. The van der Waals surface area contributed by atoms with E-state index in [0.29, 0.717) is 21.3 Å². The maximum absolute atomic E-state index is 13.2. The number of benzene rings is 2. The molecule has 3 amide bonds. The molecule has 2 N–H and O–H groups in total. The second-order valence-electron chi connectivity index (χ2n) is 7.03. The molecule has 0 bridgehead atoms. The Kier molecular flexibility index (Phi) is 8.27. The number of nitrogens with zero attached hydrogens (tertiary/aromatic N) is 1. The molecule has 1 aromatic heterocycles. The molecule has 0 radical (unpaired) electrons. The number of rotatable bonds is 8. The number of likely N-dealkylation sites (N-methyl/N-ethyl adjacent to an activating group) is 1. The van der Waals surface area contributed by atoms with E-state index in [1.165, 1.54) is 23.3 Å². The van der Waals surface area contributed by atoms with E-state index in [9.17, 15) is 14.4 Å². The molecule has 1 unspecified atom stereocenters. The molecule has 9 heteroatoms. The Bertz CT molecular complexity index is 1070. The Balaban J connectivity index is 1.70. The van der Waals surface area contributed by atoms with E-state index >= 15 is 0 Å². The van der Waals surface area contributed by atoms with Gasteiger partial charge in [0.15, 0.2) is 0 Å². The van der Waals surface area contributed by atoms with Crippen LogP contribution < -0.4 is 10.6 Å². The van der Waals surface area contributed by atoms with Gasteiger partial charge in [-0.1, -0.05) is 65.7 Å². The van der Waals surface area contributed by atoms with Crippen LogP contribution in [0.15, 0.2) is 66.0 Å². The van der Waals surface area contributed by atoms with E-state index in [2.05, 4.69) is 10.6 Å². The molecule has 0 aliphatic carbocycles. The van der Waals surface area contributed by atoms with E-state index < -0.39 is 11.9 Å². The molecule has 0 saturated carbocycles. The standard InChI is InChI=1S/C23H21Cl2N3O3S/c1-28(14-20(29)27-21-16(24)9-5-10-17(21)25)23(31)18(13-15-7-3-2-4-8-15)26-22(30)19-11-6-12-32-19/h2-12,18H,13-14H2,1H3,(H,26,30)(H,27,29). The lowest BCUT2D eigenvalue weighted by Gasteiger charge is -2.24. The zero-order chi connectivity index (χ0) is 23.1. The summed E-state index contributed by atoms with van der Waals surface area (Å²) in [4.78, 5) is 40.0. The Morgan fingerprint density at radius 1 is 0.969 bits per heavy atom. The number of carbonyl (C=O) groups is 3. The van der Waals surface area contributed by atoms with Gasteiger partial charge in [0.1, 0.15) is 6.04 Å². The third-order valence-corrected chi connectivity index (χ3v) is 6.11. The van der Waals surface area contributed by atoms with Gasteiger partial charge in [-0.3, -0.25) is 14.4 Å². The molecule has 3 rings (SSSR count). The Morgan fingerprint density at radius 3 is 2.28 bits per heavy atom. The number of thiophene rings is 1. The topological polar surface area (TPSA) is 78.5 Å². The number of para-hydroxylation sites is 1. The SMILES string of the molecule is CN(CC(=O)Nc1c(Cl)cccc1Cl)C(=O)C(Cc1ccccc1)NC(=O)c1cccs1. The molecule has 32 heavy (non-hydrogen) atoms. The summed E-state index contributed by atoms with van der Waals surface area (Å²) < 4.78 is 0. The van der Waals surface area contributed by atoms with Gasteiger partial charge in [0, 0.05) is 13.5 Å². The van der Waals surface area contributed by atoms with Gasteiger partial charge in [-0.15, -0.1) is 11.3 Å². The zero-order valence-corrected chi connectivity index (χ0v) is 19.5. The van der Waals surface area contributed by atoms with Crippen LogP contribution in [0.2, 0.25) is 10.0 Å². The van der Waals surface area contributed by atoms with Gasteiger partial charge < -0.3 is 15.5 Å². The third kappa shape index (κ3) is 6.32. The van der Waals surface area contributed by atoms with Gasteiger partial charge in [-0.2, -0.15) is 0 Å². The molecule has 0 aliphatic heterocycles. The van der Waals surface area contributed by atoms with Crippen molar-refractivity contribution in [2.45, 2.75) is 12.5 Å². The van der Waals surface area contributed by atoms with Crippen molar-refractivity contribution in [1.82, 2.24) is 10.2 Å². The van der Waals surface area contributed by atoms with E-state index in [0.717, 1.165) is 5.56 Å². The molecular formula is C23H21Cl2N3O3S. The van der Waals surface area contributed by atoms with Crippen molar-refractivity contribution in [2.75, 3.05) is 18.9 Å². The number of halogens is 2. The largest absolute Gasteiger partial charge is 0.339 e. The molecule has 2 aromatic carbocycles. The van der Waals surface area contributed by atoms with Crippen molar-refractivity contribution in [3.63, 3.8) is 0 Å². The lowest BCUT2D eigenvalue weighted by Crippen LogP contribution is -2.50. The molecule has 0 aliphatic rings. The van der Waals surface area contributed by atoms with Crippen LogP contribution in [0.25, 0.3) is 0 Å². The molecule has 3 aromatic rings. The quantitative estimate of drug-likeness (QED) is 0.489. The summed E-state index contributed by atoms with van der Waals surface area (Å²) in [6, 6.07) is 16.9. The fraction of sp³-hybridized carbons (Fsp3) is 0.174. The molecule has 0 spiro atoms. The van der Waals surface area contributed by atoms with E-state index in [-0.39, 0.29) is 24.0 Å². The van der Waals surface area contributed by atoms with Crippen LogP contribution in [0.4, 0.5) is 5.69 Å². The van der Waals surface area contributed by atoms with Crippen molar-refractivity contribution in [2.24, 2.45) is 0 Å². The summed E-state index contributed by atoms with van der Waals surface area (Å²) in [5.41, 5.74) is 1.17. The van der Waals surface area contributed by atoms with Crippen molar-refractivity contribution in [3.8, 4) is 0 Å². The number of carbonyl (C=O) groups excluding carboxylic acids is 3. The maximum atomic E-state index is 13.2. The first kappa shape index (κ1) is 23.8. The minimum atomic E-state index is -0.839. The van der Waals surface area contributed by atoms with Crippen molar-refractivity contribution < 1.29 is 14.4 Å². The minimum Gasteiger partial charge on any atom is -0.339 e. The highest BCUT2D eigenvalue weighted by atomic mass is 35.5. The fourth-order valence-corrected chi connectivity index (χ4v) is 4.16. The van der Waals surface area contributed by atoms with Gasteiger partial charge in [-0.05, 0) is 29.1 Å². The summed E-state index contributed by atoms with van der Waals surface area (Å²) >= 11 is 13.5. The highest BCUT2D eigenvalue weighted by Crippen LogP contribution is 2.29. The number of anilines is 1. The Labute approximate surface area is 200 Å². The molecule has 166 valence electrons. The first-order valence-corrected chi connectivity index (χ1v) is 11.4. The summed E-state index contributed by atoms with van der Waals surface area (Å²) in [5.74, 6) is -1.19. The van der Waals surface area contributed by atoms with Crippen LogP contribution in [-0.2, 0) is 16.0 Å². The summed E-state index contributed by atoms with van der Waals surface area (Å²) in [6.07, 6.45) is 0.291. The average Bonchev–Trinajstić information content (AvgIpc) is 3.31. The molecule has 1 heterocycles. The summed E-state index contributed by atoms with van der Waals surface area (Å²) in [6.45, 7) is -0.236. The number of hydrogen-bond donors (Lipinski definition) is 2. The van der Waals surface area contributed by atoms with Crippen molar-refractivity contribution in [3.05, 3.63) is 86.5 Å². The smallest absolute Gasteiger partial charge is 0.262 e. The lowest BCUT2D eigenvalue weighted by molar-refractivity contribution is -0.135. The van der Waals surface area contributed by atoms with Gasteiger partial charge in [0.2, 0.25) is 11.8 Å². The predicted octanol–water partition coefficient (Wildman–Crippen LogP) is 4.49. The highest BCUT2D eigenvalue weighted by Gasteiger charge is 2.26. The van der Waals surface area contributed by atoms with Crippen LogP contribution >= 0.6 is 34.5 Å². The summed E-state index contributed by atoms with van der Waals surface area (Å²) in [7, 11) is 1.51. The van der Waals surface area contributed by atoms with E-state index in [1.807, 2.05) is 30.3 Å². The number of hydrogen-bond acceptors (Lipinski definition) is 4. The molecule has 1 atom stereocenters. The zero-order valence-electron chi connectivity index (χ0n) is 17.2. The molecular weight excluding hydrogens is 469 g/mol. The Morgan fingerprint density at radius 2 is 1.66 bits per heavy atom. The lowest BCUT2D eigenvalue weighted by atomic mass is 10.0. The fourth-order valence-electron chi connectivity index (χ4n) is 3.04. The molecule has 0 fully saturated rings. The highest BCUT2D eigenvalue weighted by molar-refractivity contribution is 7.12. The number of amides is 3. The van der Waals surface area contributed by atoms with E-state index in [4.69, 9.17) is 23.2 Å². The van der Waals surface area contributed by atoms with Crippen LogP contribution in [0, 0.1) is 0 Å². The van der Waals surface area contributed by atoms with Crippen LogP contribution in [-0.4, -0.2) is 42.3 Å². The van der Waals surface area contributed by atoms with E-state index in [1.54, 1.807) is 35.7 Å². The molecule has 6 nitrogen and oxygen atoms in total. The molecule has 0 saturated heterocycles. The van der Waals surface area contributed by atoms with Gasteiger partial charge in [0.05, 0.1) is 27.2 Å². The predicted molar refractivity (Wildman–Crippen MR) is 128 cm³/mol. The number of nitrogens with one attached hydrogen (secondary N) is 2. The first-order chi connectivity index (χ1) is 15.3. The maximum Gasteiger partial charge on any atom is 0.262 e. The minimum absolute atomic E-state index is 0.236. The first-order valence-electron chi connectivity index (χ1n) is 9.72. The van der Waals surface area contributed by atoms with Crippen LogP contribution in [0.3, 0.4) is 0 Å². The summed E-state index contributed by atoms with van der Waals surface area (Å²) in [5, 5.41) is 7.81. The average molecular weight is 490 g/mol. The van der Waals surface area contributed by atoms with Gasteiger partial charge in [0.25, 0.3) is 5.91 Å². The van der Waals surface area contributed by atoms with Gasteiger partial charge >= 0.3 is 0 Å². The van der Waals surface area contributed by atoms with Crippen LogP contribution in [0.5, 0.6) is 0 Å². The third-order valence-electron chi connectivity index (χ3n) is 4.62. The van der Waals surface area contributed by atoms with Crippen molar-refractivity contribution >= 4 is 57.9 Å². The Hall–Kier alpha value is -2.87.